The smallest absolute Gasteiger partial charge is 0.0868 e. The van der Waals surface area contributed by atoms with Gasteiger partial charge in [0.15, 0.2) is 0 Å². The van der Waals surface area contributed by atoms with E-state index in [0.717, 1.165) is 29.9 Å². The summed E-state index contributed by atoms with van der Waals surface area (Å²) in [6.45, 7) is 2.98. The summed E-state index contributed by atoms with van der Waals surface area (Å²) in [5.41, 5.74) is 8.42. The lowest BCUT2D eigenvalue weighted by molar-refractivity contribution is 0.609. The van der Waals surface area contributed by atoms with Crippen LogP contribution in [0.25, 0.3) is 11.3 Å². The number of nitrogen functional groups attached to an aromatic ring is 1. The fraction of sp³-hybridized carbons (Fsp3) is 0.250. The molecule has 0 fully saturated rings. The average molecular weight is 236 g/mol. The Morgan fingerprint density at radius 1 is 1.31 bits per heavy atom. The van der Waals surface area contributed by atoms with Crippen LogP contribution in [0.15, 0.2) is 30.5 Å². The van der Waals surface area contributed by atoms with Crippen molar-refractivity contribution < 1.29 is 0 Å². The van der Waals surface area contributed by atoms with Crippen molar-refractivity contribution in [2.24, 2.45) is 0 Å². The molecule has 16 heavy (non-hydrogen) atoms. The third-order valence-electron chi connectivity index (χ3n) is 2.41. The van der Waals surface area contributed by atoms with Crippen molar-refractivity contribution in [1.29, 1.82) is 0 Å². The van der Waals surface area contributed by atoms with E-state index in [-0.39, 0.29) is 0 Å². The molecular formula is C12H14ClN3. The monoisotopic (exact) mass is 235 g/mol. The molecule has 0 saturated carbocycles. The number of nitrogens with zero attached hydrogens (tertiary/aromatic N) is 2. The van der Waals surface area contributed by atoms with Gasteiger partial charge in [-0.3, -0.25) is 4.68 Å². The normalized spacial score (nSPS) is 10.6. The number of rotatable bonds is 3. The molecule has 1 aromatic carbocycles. The van der Waals surface area contributed by atoms with Gasteiger partial charge in [-0.25, -0.2) is 0 Å². The maximum absolute atomic E-state index is 6.14. The van der Waals surface area contributed by atoms with Crippen LogP contribution in [0.5, 0.6) is 0 Å². The number of hydrogen-bond donors (Lipinski definition) is 1. The van der Waals surface area contributed by atoms with Gasteiger partial charge in [0.05, 0.1) is 16.9 Å². The molecule has 0 aliphatic rings. The molecule has 0 spiro atoms. The molecule has 0 aliphatic carbocycles. The van der Waals surface area contributed by atoms with Crippen molar-refractivity contribution in [3.05, 3.63) is 35.5 Å². The van der Waals surface area contributed by atoms with Crippen LogP contribution in [0, 0.1) is 0 Å². The van der Waals surface area contributed by atoms with Gasteiger partial charge in [-0.1, -0.05) is 30.7 Å². The lowest BCUT2D eigenvalue weighted by Gasteiger charge is -2.07. The number of aromatic nitrogens is 2. The predicted octanol–water partition coefficient (Wildman–Crippen LogP) is 3.20. The van der Waals surface area contributed by atoms with E-state index in [9.17, 15) is 0 Å². The number of halogens is 1. The Hall–Kier alpha value is -1.48. The summed E-state index contributed by atoms with van der Waals surface area (Å²) in [5.74, 6) is 0. The first-order valence-corrected chi connectivity index (χ1v) is 5.67. The Morgan fingerprint density at radius 3 is 2.62 bits per heavy atom. The van der Waals surface area contributed by atoms with Crippen LogP contribution in [-0.4, -0.2) is 9.78 Å². The fourth-order valence-electron chi connectivity index (χ4n) is 1.67. The van der Waals surface area contributed by atoms with Gasteiger partial charge in [0, 0.05) is 17.8 Å². The van der Waals surface area contributed by atoms with E-state index in [4.69, 9.17) is 17.3 Å². The largest absolute Gasteiger partial charge is 0.399 e. The van der Waals surface area contributed by atoms with E-state index in [1.807, 2.05) is 28.9 Å². The van der Waals surface area contributed by atoms with E-state index in [1.54, 1.807) is 6.20 Å². The van der Waals surface area contributed by atoms with Crippen LogP contribution in [0.3, 0.4) is 0 Å². The van der Waals surface area contributed by atoms with Gasteiger partial charge >= 0.3 is 0 Å². The van der Waals surface area contributed by atoms with Crippen molar-refractivity contribution >= 4 is 17.3 Å². The van der Waals surface area contributed by atoms with Crippen molar-refractivity contribution in [3.63, 3.8) is 0 Å². The van der Waals surface area contributed by atoms with Crippen molar-refractivity contribution in [1.82, 2.24) is 9.78 Å². The second-order valence-electron chi connectivity index (χ2n) is 3.69. The first-order chi connectivity index (χ1) is 7.72. The third-order valence-corrected chi connectivity index (χ3v) is 2.69. The van der Waals surface area contributed by atoms with Gasteiger partial charge in [-0.15, -0.1) is 0 Å². The minimum atomic E-state index is 0.679. The Kier molecular flexibility index (Phi) is 3.15. The highest BCUT2D eigenvalue weighted by atomic mass is 35.5. The number of aryl methyl sites for hydroxylation is 1. The summed E-state index contributed by atoms with van der Waals surface area (Å²) < 4.78 is 1.92. The molecule has 0 unspecified atom stereocenters. The summed E-state index contributed by atoms with van der Waals surface area (Å²) >= 11 is 6.14. The van der Waals surface area contributed by atoms with Crippen LogP contribution >= 0.6 is 11.6 Å². The quantitative estimate of drug-likeness (QED) is 0.831. The van der Waals surface area contributed by atoms with Crippen LogP contribution in [0.2, 0.25) is 5.02 Å². The van der Waals surface area contributed by atoms with E-state index < -0.39 is 0 Å². The van der Waals surface area contributed by atoms with Crippen molar-refractivity contribution in [3.8, 4) is 11.3 Å². The zero-order chi connectivity index (χ0) is 11.5. The zero-order valence-corrected chi connectivity index (χ0v) is 9.91. The van der Waals surface area contributed by atoms with Crippen LogP contribution in [-0.2, 0) is 6.54 Å². The van der Waals surface area contributed by atoms with Crippen molar-refractivity contribution in [2.75, 3.05) is 5.73 Å². The Morgan fingerprint density at radius 2 is 2.00 bits per heavy atom. The Balaban J connectivity index is 2.45. The molecule has 1 heterocycles. The molecule has 2 N–H and O–H groups in total. The molecular weight excluding hydrogens is 222 g/mol. The summed E-state index contributed by atoms with van der Waals surface area (Å²) in [6, 6.07) is 7.67. The molecule has 0 atom stereocenters. The molecule has 84 valence electrons. The topological polar surface area (TPSA) is 43.8 Å². The van der Waals surface area contributed by atoms with Gasteiger partial charge in [0.25, 0.3) is 0 Å². The lowest BCUT2D eigenvalue weighted by Crippen LogP contribution is -2.01. The maximum atomic E-state index is 6.14. The standard InChI is InChI=1S/C12H14ClN3/c1-2-7-16-12(11(13)8-15-16)9-3-5-10(14)6-4-9/h3-6,8H,2,7,14H2,1H3. The molecule has 3 nitrogen and oxygen atoms in total. The predicted molar refractivity (Wildman–Crippen MR) is 67.4 cm³/mol. The molecule has 4 heteroatoms. The number of benzene rings is 1. The van der Waals surface area contributed by atoms with E-state index in [1.165, 1.54) is 0 Å². The van der Waals surface area contributed by atoms with Crippen molar-refractivity contribution in [2.45, 2.75) is 19.9 Å². The first kappa shape index (κ1) is 11.0. The second kappa shape index (κ2) is 4.58. The van der Waals surface area contributed by atoms with Gasteiger partial charge in [-0.2, -0.15) is 5.10 Å². The van der Waals surface area contributed by atoms with Crippen LogP contribution in [0.1, 0.15) is 13.3 Å². The highest BCUT2D eigenvalue weighted by Crippen LogP contribution is 2.28. The summed E-state index contributed by atoms with van der Waals surface area (Å²) in [4.78, 5) is 0. The first-order valence-electron chi connectivity index (χ1n) is 5.29. The highest BCUT2D eigenvalue weighted by molar-refractivity contribution is 6.33. The van der Waals surface area contributed by atoms with Gasteiger partial charge in [0.1, 0.15) is 0 Å². The molecule has 0 saturated heterocycles. The minimum absolute atomic E-state index is 0.679. The number of nitrogens with two attached hydrogens (primary N) is 1. The number of hydrogen-bond acceptors (Lipinski definition) is 2. The van der Waals surface area contributed by atoms with Gasteiger partial charge in [0.2, 0.25) is 0 Å². The zero-order valence-electron chi connectivity index (χ0n) is 9.15. The Bertz CT molecular complexity index is 474. The summed E-state index contributed by atoms with van der Waals surface area (Å²) in [5, 5.41) is 4.94. The number of anilines is 1. The second-order valence-corrected chi connectivity index (χ2v) is 4.09. The summed E-state index contributed by atoms with van der Waals surface area (Å²) in [7, 11) is 0. The molecule has 0 amide bonds. The van der Waals surface area contributed by atoms with Gasteiger partial charge in [-0.05, 0) is 18.6 Å². The van der Waals surface area contributed by atoms with Crippen LogP contribution in [0.4, 0.5) is 5.69 Å². The molecule has 0 aliphatic heterocycles. The SMILES string of the molecule is CCCn1ncc(Cl)c1-c1ccc(N)cc1. The molecule has 1 aromatic heterocycles. The summed E-state index contributed by atoms with van der Waals surface area (Å²) in [6.07, 6.45) is 2.71. The molecule has 0 radical (unpaired) electrons. The third kappa shape index (κ3) is 2.04. The van der Waals surface area contributed by atoms with E-state index in [2.05, 4.69) is 12.0 Å². The Labute approximate surface area is 99.8 Å². The molecule has 2 aromatic rings. The fourth-order valence-corrected chi connectivity index (χ4v) is 1.92. The maximum Gasteiger partial charge on any atom is 0.0868 e. The van der Waals surface area contributed by atoms with E-state index >= 15 is 0 Å². The molecule has 2 rings (SSSR count). The van der Waals surface area contributed by atoms with Gasteiger partial charge < -0.3 is 5.73 Å². The van der Waals surface area contributed by atoms with E-state index in [0.29, 0.717) is 5.02 Å². The van der Waals surface area contributed by atoms with Crippen LogP contribution < -0.4 is 5.73 Å². The molecule has 0 bridgehead atoms. The highest BCUT2D eigenvalue weighted by Gasteiger charge is 2.10. The lowest BCUT2D eigenvalue weighted by atomic mass is 10.1. The average Bonchev–Trinajstić information content (AvgIpc) is 2.62. The minimum Gasteiger partial charge on any atom is -0.399 e.